The third-order valence-corrected chi connectivity index (χ3v) is 5.14. The van der Waals surface area contributed by atoms with Crippen molar-refractivity contribution in [3.05, 3.63) is 17.7 Å². The molecule has 0 spiro atoms. The highest BCUT2D eigenvalue weighted by Gasteiger charge is 2.36. The van der Waals surface area contributed by atoms with Crippen molar-refractivity contribution >= 4 is 23.3 Å². The summed E-state index contributed by atoms with van der Waals surface area (Å²) in [5.41, 5.74) is 0.201. The second-order valence-electron chi connectivity index (χ2n) is 7.16. The Morgan fingerprint density at radius 1 is 1.08 bits per heavy atom. The van der Waals surface area contributed by atoms with Crippen LogP contribution in [0.25, 0.3) is 0 Å². The summed E-state index contributed by atoms with van der Waals surface area (Å²) in [4.78, 5) is 35.9. The lowest BCUT2D eigenvalue weighted by Gasteiger charge is -2.35. The summed E-state index contributed by atoms with van der Waals surface area (Å²) in [6.45, 7) is 1.49. The van der Waals surface area contributed by atoms with Crippen molar-refractivity contribution in [1.82, 2.24) is 0 Å². The first-order valence-electron chi connectivity index (χ1n) is 8.85. The number of hydrogen-bond donors (Lipinski definition) is 2. The van der Waals surface area contributed by atoms with Crippen LogP contribution in [0, 0.1) is 5.41 Å². The van der Waals surface area contributed by atoms with Crippen molar-refractivity contribution in [3.63, 3.8) is 0 Å². The Bertz CT molecular complexity index is 736. The predicted octanol–water partition coefficient (Wildman–Crippen LogP) is 3.37. The zero-order chi connectivity index (χ0) is 18.7. The van der Waals surface area contributed by atoms with Gasteiger partial charge in [0.15, 0.2) is 17.3 Å². The maximum atomic E-state index is 12.7. The Kier molecular flexibility index (Phi) is 5.15. The van der Waals surface area contributed by atoms with Gasteiger partial charge in [-0.05, 0) is 31.2 Å². The standard InChI is InChI=1S/C19H23NO6/c1-12(21)13-7-15-16(26-11-25-15)8-14(13)20-17(22)9-19(10-18(23)24)5-3-2-4-6-19/h7-8H,2-6,9-11H2,1H3,(H,20,22)(H,23,24). The van der Waals surface area contributed by atoms with Crippen LogP contribution in [-0.2, 0) is 9.59 Å². The molecule has 0 atom stereocenters. The number of anilines is 1. The topological polar surface area (TPSA) is 102 Å². The van der Waals surface area contributed by atoms with Gasteiger partial charge in [0.1, 0.15) is 0 Å². The average molecular weight is 361 g/mol. The number of ether oxygens (including phenoxy) is 2. The highest BCUT2D eigenvalue weighted by molar-refractivity contribution is 6.04. The monoisotopic (exact) mass is 361 g/mol. The fraction of sp³-hybridized carbons (Fsp3) is 0.526. The molecular formula is C19H23NO6. The molecule has 0 unspecified atom stereocenters. The van der Waals surface area contributed by atoms with E-state index in [2.05, 4.69) is 5.32 Å². The van der Waals surface area contributed by atoms with Gasteiger partial charge in [-0.2, -0.15) is 0 Å². The van der Waals surface area contributed by atoms with E-state index in [1.54, 1.807) is 12.1 Å². The van der Waals surface area contributed by atoms with Crippen LogP contribution in [0.1, 0.15) is 62.2 Å². The average Bonchev–Trinajstić information content (AvgIpc) is 3.01. The first-order chi connectivity index (χ1) is 12.4. The Morgan fingerprint density at radius 2 is 1.73 bits per heavy atom. The lowest BCUT2D eigenvalue weighted by Crippen LogP contribution is -2.32. The summed E-state index contributed by atoms with van der Waals surface area (Å²) in [6.07, 6.45) is 4.51. The van der Waals surface area contributed by atoms with Gasteiger partial charge in [0.25, 0.3) is 0 Å². The molecule has 3 rings (SSSR count). The van der Waals surface area contributed by atoms with Crippen molar-refractivity contribution in [2.75, 3.05) is 12.1 Å². The number of carboxylic acids is 1. The van der Waals surface area contributed by atoms with Crippen LogP contribution in [0.4, 0.5) is 5.69 Å². The summed E-state index contributed by atoms with van der Waals surface area (Å²) in [6, 6.07) is 3.15. The molecule has 0 saturated heterocycles. The number of rotatable bonds is 6. The largest absolute Gasteiger partial charge is 0.481 e. The summed E-state index contributed by atoms with van der Waals surface area (Å²) in [5.74, 6) is -0.413. The number of benzene rings is 1. The number of ketones is 1. The van der Waals surface area contributed by atoms with Gasteiger partial charge in [-0.1, -0.05) is 19.3 Å². The van der Waals surface area contributed by atoms with E-state index in [9.17, 15) is 19.5 Å². The SMILES string of the molecule is CC(=O)c1cc2c(cc1NC(=O)CC1(CC(=O)O)CCCCC1)OCO2. The lowest BCUT2D eigenvalue weighted by atomic mass is 9.69. The molecule has 0 radical (unpaired) electrons. The molecule has 1 amide bonds. The van der Waals surface area contributed by atoms with Gasteiger partial charge >= 0.3 is 5.97 Å². The van der Waals surface area contributed by atoms with Crippen molar-refractivity contribution in [2.45, 2.75) is 51.9 Å². The highest BCUT2D eigenvalue weighted by atomic mass is 16.7. The van der Waals surface area contributed by atoms with Crippen molar-refractivity contribution in [1.29, 1.82) is 0 Å². The molecule has 1 aliphatic heterocycles. The van der Waals surface area contributed by atoms with E-state index < -0.39 is 11.4 Å². The zero-order valence-electron chi connectivity index (χ0n) is 14.8. The third-order valence-electron chi connectivity index (χ3n) is 5.14. The van der Waals surface area contributed by atoms with E-state index in [-0.39, 0.29) is 31.3 Å². The Morgan fingerprint density at radius 3 is 2.35 bits per heavy atom. The molecule has 1 fully saturated rings. The van der Waals surface area contributed by atoms with E-state index in [1.165, 1.54) is 6.92 Å². The number of Topliss-reactive ketones (excluding diaryl/α,β-unsaturated/α-hetero) is 1. The minimum absolute atomic E-state index is 0.0128. The smallest absolute Gasteiger partial charge is 0.303 e. The summed E-state index contributed by atoms with van der Waals surface area (Å²) in [5, 5.41) is 12.0. The third kappa shape index (κ3) is 3.98. The number of fused-ring (bicyclic) bond motifs is 1. The molecule has 1 heterocycles. The van der Waals surface area contributed by atoms with Crippen LogP contribution in [0.5, 0.6) is 11.5 Å². The van der Waals surface area contributed by atoms with Crippen LogP contribution in [-0.4, -0.2) is 29.6 Å². The van der Waals surface area contributed by atoms with Crippen molar-refractivity contribution in [2.24, 2.45) is 5.41 Å². The molecule has 0 aromatic heterocycles. The first kappa shape index (κ1) is 18.2. The molecule has 1 aliphatic carbocycles. The minimum Gasteiger partial charge on any atom is -0.481 e. The van der Waals surface area contributed by atoms with Gasteiger partial charge < -0.3 is 19.9 Å². The van der Waals surface area contributed by atoms with Gasteiger partial charge in [-0.3, -0.25) is 14.4 Å². The van der Waals surface area contributed by atoms with Gasteiger partial charge in [0.05, 0.1) is 12.1 Å². The molecule has 2 aliphatic rings. The number of aliphatic carboxylic acids is 1. The Balaban J connectivity index is 1.78. The molecule has 26 heavy (non-hydrogen) atoms. The number of hydrogen-bond acceptors (Lipinski definition) is 5. The number of carbonyl (C=O) groups is 3. The van der Waals surface area contributed by atoms with E-state index in [0.717, 1.165) is 32.1 Å². The van der Waals surface area contributed by atoms with Gasteiger partial charge in [0.2, 0.25) is 12.7 Å². The van der Waals surface area contributed by atoms with E-state index in [0.29, 0.717) is 22.7 Å². The fourth-order valence-corrected chi connectivity index (χ4v) is 3.91. The maximum Gasteiger partial charge on any atom is 0.303 e. The van der Waals surface area contributed by atoms with Gasteiger partial charge in [0, 0.05) is 18.1 Å². The van der Waals surface area contributed by atoms with Crippen molar-refractivity contribution in [3.8, 4) is 11.5 Å². The molecule has 1 aromatic carbocycles. The second kappa shape index (κ2) is 7.35. The van der Waals surface area contributed by atoms with E-state index in [1.807, 2.05) is 0 Å². The molecule has 2 N–H and O–H groups in total. The van der Waals surface area contributed by atoms with E-state index >= 15 is 0 Å². The lowest BCUT2D eigenvalue weighted by molar-refractivity contribution is -0.140. The predicted molar refractivity (Wildman–Crippen MR) is 93.6 cm³/mol. The highest BCUT2D eigenvalue weighted by Crippen LogP contribution is 2.43. The molecule has 1 aromatic rings. The second-order valence-corrected chi connectivity index (χ2v) is 7.16. The summed E-state index contributed by atoms with van der Waals surface area (Å²) in [7, 11) is 0. The van der Waals surface area contributed by atoms with Crippen LogP contribution in [0.3, 0.4) is 0 Å². The molecule has 0 bridgehead atoms. The molecule has 7 heteroatoms. The fourth-order valence-electron chi connectivity index (χ4n) is 3.91. The zero-order valence-corrected chi connectivity index (χ0v) is 14.8. The van der Waals surface area contributed by atoms with Crippen LogP contribution >= 0.6 is 0 Å². The normalized spacial score (nSPS) is 17.6. The van der Waals surface area contributed by atoms with Crippen LogP contribution < -0.4 is 14.8 Å². The maximum absolute atomic E-state index is 12.7. The van der Waals surface area contributed by atoms with Gasteiger partial charge in [-0.25, -0.2) is 0 Å². The molecule has 7 nitrogen and oxygen atoms in total. The van der Waals surface area contributed by atoms with Crippen molar-refractivity contribution < 1.29 is 29.0 Å². The number of carbonyl (C=O) groups excluding carboxylic acids is 2. The Labute approximate surface area is 151 Å². The van der Waals surface area contributed by atoms with Gasteiger partial charge in [-0.15, -0.1) is 0 Å². The summed E-state index contributed by atoms with van der Waals surface area (Å²) < 4.78 is 10.6. The van der Waals surface area contributed by atoms with E-state index in [4.69, 9.17) is 9.47 Å². The number of amides is 1. The Hall–Kier alpha value is -2.57. The number of nitrogens with one attached hydrogen (secondary N) is 1. The summed E-state index contributed by atoms with van der Waals surface area (Å²) >= 11 is 0. The first-order valence-corrected chi connectivity index (χ1v) is 8.85. The molecular weight excluding hydrogens is 338 g/mol. The molecule has 1 saturated carbocycles. The number of carboxylic acid groups (broad SMARTS) is 1. The molecule has 140 valence electrons. The minimum atomic E-state index is -0.882. The quantitative estimate of drug-likeness (QED) is 0.753. The van der Waals surface area contributed by atoms with Crippen LogP contribution in [0.2, 0.25) is 0 Å². The van der Waals surface area contributed by atoms with Crippen LogP contribution in [0.15, 0.2) is 12.1 Å².